The van der Waals surface area contributed by atoms with Crippen LogP contribution >= 0.6 is 0 Å². The molecule has 0 aromatic heterocycles. The van der Waals surface area contributed by atoms with Crippen molar-refractivity contribution in [1.29, 1.82) is 0 Å². The molecule has 0 spiro atoms. The molecule has 0 aliphatic carbocycles. The third-order valence-electron chi connectivity index (χ3n) is 2.05. The highest BCUT2D eigenvalue weighted by Crippen LogP contribution is 2.24. The topological polar surface area (TPSA) is 65.3 Å². The predicted molar refractivity (Wildman–Crippen MR) is 48.8 cm³/mol. The minimum Gasteiger partial charge on any atom is -0.464 e. The van der Waals surface area contributed by atoms with Crippen molar-refractivity contribution in [3.63, 3.8) is 0 Å². The monoisotopic (exact) mass is 191 g/mol. The van der Waals surface area contributed by atoms with Crippen molar-refractivity contribution < 1.29 is 9.90 Å². The van der Waals surface area contributed by atoms with Crippen LogP contribution in [0, 0.1) is 0 Å². The minimum atomic E-state index is -1.06. The van der Waals surface area contributed by atoms with Crippen LogP contribution in [-0.2, 0) is 0 Å². The van der Waals surface area contributed by atoms with Crippen LogP contribution in [0.1, 0.15) is 11.6 Å². The van der Waals surface area contributed by atoms with Crippen LogP contribution in [-0.4, -0.2) is 22.8 Å². The smallest absolute Gasteiger partial charge is 0.429 e. The first-order chi connectivity index (χ1) is 6.77. The maximum Gasteiger partial charge on any atom is 0.429 e. The number of carbonyl (C=O) groups is 1. The molecule has 1 aromatic rings. The molecule has 0 saturated carbocycles. The fraction of sp³-hybridized carbons (Fsp3) is 0.222. The van der Waals surface area contributed by atoms with Crippen molar-refractivity contribution in [2.75, 3.05) is 6.54 Å². The summed E-state index contributed by atoms with van der Waals surface area (Å²) in [5.74, 6) is 0. The standard InChI is InChI=1S/C9H9N3O2/c13-9(14)12-6-8(10-11-12)7-4-2-1-3-5-7/h1-5,8H,6H2,(H,13,14). The van der Waals surface area contributed by atoms with Gasteiger partial charge >= 0.3 is 6.09 Å². The lowest BCUT2D eigenvalue weighted by Gasteiger charge is -2.07. The van der Waals surface area contributed by atoms with Crippen molar-refractivity contribution in [2.24, 2.45) is 10.3 Å². The summed E-state index contributed by atoms with van der Waals surface area (Å²) in [6, 6.07) is 9.37. The molecule has 1 atom stereocenters. The average Bonchev–Trinajstić information content (AvgIpc) is 2.68. The highest BCUT2D eigenvalue weighted by Gasteiger charge is 2.24. The van der Waals surface area contributed by atoms with Gasteiger partial charge in [-0.25, -0.2) is 4.79 Å². The van der Waals surface area contributed by atoms with E-state index in [1.807, 2.05) is 30.3 Å². The van der Waals surface area contributed by atoms with E-state index in [2.05, 4.69) is 10.3 Å². The van der Waals surface area contributed by atoms with Gasteiger partial charge in [-0.15, -0.1) is 0 Å². The van der Waals surface area contributed by atoms with Gasteiger partial charge in [-0.2, -0.15) is 10.1 Å². The first kappa shape index (κ1) is 8.68. The number of nitrogens with zero attached hydrogens (tertiary/aromatic N) is 3. The maximum atomic E-state index is 10.6. The fourth-order valence-electron chi connectivity index (χ4n) is 1.33. The normalized spacial score (nSPS) is 20.0. The predicted octanol–water partition coefficient (Wildman–Crippen LogP) is 2.09. The van der Waals surface area contributed by atoms with Gasteiger partial charge in [0.25, 0.3) is 0 Å². The van der Waals surface area contributed by atoms with Crippen molar-refractivity contribution in [3.05, 3.63) is 35.9 Å². The van der Waals surface area contributed by atoms with Gasteiger partial charge in [-0.1, -0.05) is 35.6 Å². The lowest BCUT2D eigenvalue weighted by molar-refractivity contribution is 0.150. The zero-order valence-electron chi connectivity index (χ0n) is 7.37. The van der Waals surface area contributed by atoms with Gasteiger partial charge in [0, 0.05) is 0 Å². The molecule has 0 fully saturated rings. The molecule has 1 aromatic carbocycles. The summed E-state index contributed by atoms with van der Waals surface area (Å²) in [4.78, 5) is 10.6. The Kier molecular flexibility index (Phi) is 2.14. The van der Waals surface area contributed by atoms with E-state index in [9.17, 15) is 4.79 Å². The summed E-state index contributed by atoms with van der Waals surface area (Å²) in [5.41, 5.74) is 0.986. The number of amides is 1. The summed E-state index contributed by atoms with van der Waals surface area (Å²) in [6.45, 7) is 0.305. The van der Waals surface area contributed by atoms with Gasteiger partial charge in [0.1, 0.15) is 6.04 Å². The highest BCUT2D eigenvalue weighted by molar-refractivity contribution is 5.64. The van der Waals surface area contributed by atoms with E-state index >= 15 is 0 Å². The van der Waals surface area contributed by atoms with Crippen molar-refractivity contribution in [2.45, 2.75) is 6.04 Å². The number of carboxylic acid groups (broad SMARTS) is 1. The van der Waals surface area contributed by atoms with E-state index in [1.54, 1.807) is 0 Å². The largest absolute Gasteiger partial charge is 0.464 e. The van der Waals surface area contributed by atoms with E-state index in [0.29, 0.717) is 6.54 Å². The van der Waals surface area contributed by atoms with Crippen LogP contribution in [0.3, 0.4) is 0 Å². The molecule has 1 heterocycles. The Labute approximate surface area is 80.7 Å². The molecule has 1 amide bonds. The second kappa shape index (κ2) is 3.45. The van der Waals surface area contributed by atoms with Crippen LogP contribution in [0.2, 0.25) is 0 Å². The van der Waals surface area contributed by atoms with E-state index in [0.717, 1.165) is 10.6 Å². The van der Waals surface area contributed by atoms with E-state index in [1.165, 1.54) is 0 Å². The summed E-state index contributed by atoms with van der Waals surface area (Å²) in [6.07, 6.45) is -1.06. The SMILES string of the molecule is O=C(O)N1CC(c2ccccc2)N=N1. The Morgan fingerprint density at radius 3 is 2.71 bits per heavy atom. The van der Waals surface area contributed by atoms with Crippen LogP contribution < -0.4 is 0 Å². The molecule has 2 rings (SSSR count). The molecule has 0 radical (unpaired) electrons. The first-order valence-corrected chi connectivity index (χ1v) is 4.23. The number of benzene rings is 1. The lowest BCUT2D eigenvalue weighted by Crippen LogP contribution is -2.23. The van der Waals surface area contributed by atoms with Gasteiger partial charge in [-0.3, -0.25) is 0 Å². The molecular formula is C9H9N3O2. The Morgan fingerprint density at radius 1 is 1.43 bits per heavy atom. The third-order valence-corrected chi connectivity index (χ3v) is 2.05. The number of hydrogen-bond donors (Lipinski definition) is 1. The molecule has 1 aliphatic rings. The quantitative estimate of drug-likeness (QED) is 0.738. The van der Waals surface area contributed by atoms with Gasteiger partial charge in [0.2, 0.25) is 0 Å². The van der Waals surface area contributed by atoms with Crippen LogP contribution in [0.15, 0.2) is 40.7 Å². The average molecular weight is 191 g/mol. The van der Waals surface area contributed by atoms with Crippen molar-refractivity contribution in [1.82, 2.24) is 5.01 Å². The molecule has 1 aliphatic heterocycles. The molecule has 5 nitrogen and oxygen atoms in total. The maximum absolute atomic E-state index is 10.6. The molecule has 5 heteroatoms. The van der Waals surface area contributed by atoms with Crippen LogP contribution in [0.4, 0.5) is 4.79 Å². The second-order valence-corrected chi connectivity index (χ2v) is 3.00. The van der Waals surface area contributed by atoms with Gasteiger partial charge in [-0.05, 0) is 5.56 Å². The Bertz CT molecular complexity index is 364. The minimum absolute atomic E-state index is 0.160. The molecule has 1 unspecified atom stereocenters. The summed E-state index contributed by atoms with van der Waals surface area (Å²) in [7, 11) is 0. The highest BCUT2D eigenvalue weighted by atomic mass is 16.4. The van der Waals surface area contributed by atoms with E-state index in [4.69, 9.17) is 5.11 Å². The molecule has 72 valence electrons. The Hall–Kier alpha value is -1.91. The Balaban J connectivity index is 2.11. The van der Waals surface area contributed by atoms with Gasteiger partial charge < -0.3 is 5.11 Å². The van der Waals surface area contributed by atoms with E-state index in [-0.39, 0.29) is 6.04 Å². The van der Waals surface area contributed by atoms with E-state index < -0.39 is 6.09 Å². The number of hydrogen-bond acceptors (Lipinski definition) is 3. The molecule has 1 N–H and O–H groups in total. The summed E-state index contributed by atoms with van der Waals surface area (Å²) in [5, 5.41) is 17.0. The first-order valence-electron chi connectivity index (χ1n) is 4.23. The zero-order chi connectivity index (χ0) is 9.97. The molecule has 0 bridgehead atoms. The zero-order valence-corrected chi connectivity index (χ0v) is 7.37. The number of rotatable bonds is 1. The Morgan fingerprint density at radius 2 is 2.14 bits per heavy atom. The van der Waals surface area contributed by atoms with Crippen LogP contribution in [0.25, 0.3) is 0 Å². The van der Waals surface area contributed by atoms with Gasteiger partial charge in [0.15, 0.2) is 0 Å². The summed E-state index contributed by atoms with van der Waals surface area (Å²) < 4.78 is 0. The van der Waals surface area contributed by atoms with Crippen molar-refractivity contribution in [3.8, 4) is 0 Å². The van der Waals surface area contributed by atoms with Crippen LogP contribution in [0.5, 0.6) is 0 Å². The molecule has 14 heavy (non-hydrogen) atoms. The second-order valence-electron chi connectivity index (χ2n) is 3.00. The summed E-state index contributed by atoms with van der Waals surface area (Å²) >= 11 is 0. The van der Waals surface area contributed by atoms with Crippen molar-refractivity contribution >= 4 is 6.09 Å². The lowest BCUT2D eigenvalue weighted by atomic mass is 10.1. The fourth-order valence-corrected chi connectivity index (χ4v) is 1.33. The molecular weight excluding hydrogens is 182 g/mol. The van der Waals surface area contributed by atoms with Gasteiger partial charge in [0.05, 0.1) is 6.54 Å². The molecule has 0 saturated heterocycles. The third kappa shape index (κ3) is 1.56.